The van der Waals surface area contributed by atoms with E-state index in [-0.39, 0.29) is 17.7 Å². The molecule has 1 aromatic heterocycles. The van der Waals surface area contributed by atoms with Gasteiger partial charge in [0.25, 0.3) is 5.91 Å². The topological polar surface area (TPSA) is 113 Å². The molecule has 3 N–H and O–H groups in total. The minimum Gasteiger partial charge on any atom is -0.326 e. The predicted octanol–water partition coefficient (Wildman–Crippen LogP) is 2.31. The number of carbonyl (C=O) groups is 2. The molecule has 1 aliphatic rings. The average Bonchev–Trinajstić information content (AvgIpc) is 3.55. The van der Waals surface area contributed by atoms with Gasteiger partial charge in [-0.2, -0.15) is 0 Å². The number of carbonyl (C=O) groups excluding carboxylic acids is 2. The monoisotopic (exact) mass is 392 g/mol. The summed E-state index contributed by atoms with van der Waals surface area (Å²) in [4.78, 5) is 50.6. The summed E-state index contributed by atoms with van der Waals surface area (Å²) in [6, 6.07) is 11.7. The molecular formula is C21H20N4O4. The Morgan fingerprint density at radius 1 is 1.03 bits per heavy atom. The van der Waals surface area contributed by atoms with Gasteiger partial charge in [-0.05, 0) is 62.2 Å². The number of nitrogens with one attached hydrogen (secondary N) is 3. The molecule has 0 bridgehead atoms. The van der Waals surface area contributed by atoms with E-state index in [2.05, 4.69) is 15.6 Å². The van der Waals surface area contributed by atoms with E-state index in [1.165, 1.54) is 4.57 Å². The molecule has 1 fully saturated rings. The lowest BCUT2D eigenvalue weighted by Crippen LogP contribution is -2.36. The minimum atomic E-state index is -0.722. The van der Waals surface area contributed by atoms with Crippen LogP contribution >= 0.6 is 0 Å². The molecule has 8 nitrogen and oxygen atoms in total. The number of rotatable bonds is 5. The number of fused-ring (bicyclic) bond motifs is 1. The normalized spacial score (nSPS) is 13.3. The van der Waals surface area contributed by atoms with Crippen molar-refractivity contribution in [3.8, 4) is 0 Å². The van der Waals surface area contributed by atoms with Gasteiger partial charge in [-0.15, -0.1) is 0 Å². The third-order valence-electron chi connectivity index (χ3n) is 4.91. The first kappa shape index (κ1) is 18.7. The SMILES string of the molecule is CCn1c(=O)c(=O)[nH]c2cc(C(=O)Nc3ccc(NC(=O)C4CC4)cc3)ccc21. The number of H-pyrrole nitrogens is 1. The van der Waals surface area contributed by atoms with E-state index in [1.54, 1.807) is 49.4 Å². The van der Waals surface area contributed by atoms with Gasteiger partial charge in [0.1, 0.15) is 0 Å². The number of hydrogen-bond acceptors (Lipinski definition) is 4. The van der Waals surface area contributed by atoms with Crippen LogP contribution in [-0.2, 0) is 11.3 Å². The van der Waals surface area contributed by atoms with Gasteiger partial charge in [-0.25, -0.2) is 0 Å². The van der Waals surface area contributed by atoms with Crippen molar-refractivity contribution in [2.45, 2.75) is 26.3 Å². The zero-order valence-electron chi connectivity index (χ0n) is 15.8. The van der Waals surface area contributed by atoms with E-state index in [1.807, 2.05) is 0 Å². The number of benzene rings is 2. The summed E-state index contributed by atoms with van der Waals surface area (Å²) in [5.41, 5.74) is 1.24. The summed E-state index contributed by atoms with van der Waals surface area (Å²) >= 11 is 0. The maximum atomic E-state index is 12.6. The van der Waals surface area contributed by atoms with Crippen molar-refractivity contribution in [3.63, 3.8) is 0 Å². The van der Waals surface area contributed by atoms with Gasteiger partial charge in [0.15, 0.2) is 0 Å². The van der Waals surface area contributed by atoms with Crippen LogP contribution in [0.25, 0.3) is 11.0 Å². The fourth-order valence-corrected chi connectivity index (χ4v) is 3.16. The second-order valence-corrected chi connectivity index (χ2v) is 7.03. The summed E-state index contributed by atoms with van der Waals surface area (Å²) in [5.74, 6) is -0.202. The maximum absolute atomic E-state index is 12.6. The van der Waals surface area contributed by atoms with E-state index in [0.717, 1.165) is 12.8 Å². The molecule has 0 unspecified atom stereocenters. The number of aromatic nitrogens is 2. The molecule has 0 aliphatic heterocycles. The lowest BCUT2D eigenvalue weighted by Gasteiger charge is -2.10. The standard InChI is InChI=1S/C21H20N4O4/c1-2-25-17-10-5-13(11-16(17)24-20(28)21(25)29)19(27)23-15-8-6-14(7-9-15)22-18(26)12-3-4-12/h5-12H,2-4H2,1H3,(H,22,26)(H,23,27)(H,24,28). The van der Waals surface area contributed by atoms with Crippen LogP contribution in [0.1, 0.15) is 30.1 Å². The molecule has 8 heteroatoms. The van der Waals surface area contributed by atoms with Crippen LogP contribution in [0.3, 0.4) is 0 Å². The first-order chi connectivity index (χ1) is 14.0. The minimum absolute atomic E-state index is 0.0255. The predicted molar refractivity (Wildman–Crippen MR) is 110 cm³/mol. The van der Waals surface area contributed by atoms with Crippen LogP contribution < -0.4 is 21.8 Å². The highest BCUT2D eigenvalue weighted by atomic mass is 16.2. The highest BCUT2D eigenvalue weighted by Crippen LogP contribution is 2.30. The third-order valence-corrected chi connectivity index (χ3v) is 4.91. The Morgan fingerprint density at radius 3 is 2.31 bits per heavy atom. The fraction of sp³-hybridized carbons (Fsp3) is 0.238. The quantitative estimate of drug-likeness (QED) is 0.578. The molecule has 148 valence electrons. The van der Waals surface area contributed by atoms with E-state index in [4.69, 9.17) is 0 Å². The molecule has 4 rings (SSSR count). The van der Waals surface area contributed by atoms with Crippen LogP contribution in [0.15, 0.2) is 52.1 Å². The number of anilines is 2. The van der Waals surface area contributed by atoms with Crippen molar-refractivity contribution in [1.82, 2.24) is 9.55 Å². The summed E-state index contributed by atoms with van der Waals surface area (Å²) < 4.78 is 1.37. The lowest BCUT2D eigenvalue weighted by atomic mass is 10.1. The van der Waals surface area contributed by atoms with E-state index < -0.39 is 11.1 Å². The Labute approximate surface area is 165 Å². The first-order valence-electron chi connectivity index (χ1n) is 9.45. The summed E-state index contributed by atoms with van der Waals surface area (Å²) in [7, 11) is 0. The zero-order chi connectivity index (χ0) is 20.5. The molecule has 0 saturated heterocycles. The van der Waals surface area contributed by atoms with Crippen LogP contribution in [0.5, 0.6) is 0 Å². The molecule has 0 atom stereocenters. The summed E-state index contributed by atoms with van der Waals surface area (Å²) in [6.07, 6.45) is 1.87. The van der Waals surface area contributed by atoms with Crippen molar-refractivity contribution >= 4 is 34.2 Å². The second-order valence-electron chi connectivity index (χ2n) is 7.03. The van der Waals surface area contributed by atoms with Crippen LogP contribution in [0.2, 0.25) is 0 Å². The molecule has 3 aromatic rings. The summed E-state index contributed by atoms with van der Waals surface area (Å²) in [5, 5.41) is 5.62. The summed E-state index contributed by atoms with van der Waals surface area (Å²) in [6.45, 7) is 2.13. The van der Waals surface area contributed by atoms with Gasteiger partial charge in [0.2, 0.25) is 5.91 Å². The molecule has 2 aromatic carbocycles. The third kappa shape index (κ3) is 3.82. The Hall–Kier alpha value is -3.68. The fourth-order valence-electron chi connectivity index (χ4n) is 3.16. The van der Waals surface area contributed by atoms with Crippen molar-refractivity contribution in [3.05, 3.63) is 68.7 Å². The Balaban J connectivity index is 1.52. The molecular weight excluding hydrogens is 372 g/mol. The van der Waals surface area contributed by atoms with E-state index in [9.17, 15) is 19.2 Å². The van der Waals surface area contributed by atoms with Crippen molar-refractivity contribution in [2.75, 3.05) is 10.6 Å². The van der Waals surface area contributed by atoms with Gasteiger partial charge in [-0.1, -0.05) is 0 Å². The molecule has 1 heterocycles. The molecule has 1 aliphatic carbocycles. The largest absolute Gasteiger partial charge is 0.326 e. The van der Waals surface area contributed by atoms with Gasteiger partial charge in [-0.3, -0.25) is 19.2 Å². The number of aryl methyl sites for hydroxylation is 1. The average molecular weight is 392 g/mol. The van der Waals surface area contributed by atoms with Crippen molar-refractivity contribution < 1.29 is 9.59 Å². The van der Waals surface area contributed by atoms with Crippen LogP contribution in [-0.4, -0.2) is 21.4 Å². The van der Waals surface area contributed by atoms with E-state index >= 15 is 0 Å². The van der Waals surface area contributed by atoms with Gasteiger partial charge >= 0.3 is 11.1 Å². The second kappa shape index (κ2) is 7.38. The van der Waals surface area contributed by atoms with Gasteiger partial charge in [0, 0.05) is 29.4 Å². The highest BCUT2D eigenvalue weighted by Gasteiger charge is 2.29. The number of amides is 2. The Bertz CT molecular complexity index is 1220. The van der Waals surface area contributed by atoms with Gasteiger partial charge in [0.05, 0.1) is 11.0 Å². The number of hydrogen-bond donors (Lipinski definition) is 3. The molecule has 0 spiro atoms. The number of nitrogens with zero attached hydrogens (tertiary/aromatic N) is 1. The van der Waals surface area contributed by atoms with Crippen LogP contribution in [0.4, 0.5) is 11.4 Å². The van der Waals surface area contributed by atoms with Crippen molar-refractivity contribution in [1.29, 1.82) is 0 Å². The lowest BCUT2D eigenvalue weighted by molar-refractivity contribution is -0.117. The van der Waals surface area contributed by atoms with Crippen molar-refractivity contribution in [2.24, 2.45) is 5.92 Å². The molecule has 29 heavy (non-hydrogen) atoms. The highest BCUT2D eigenvalue weighted by molar-refractivity contribution is 6.06. The number of aromatic amines is 1. The van der Waals surface area contributed by atoms with E-state index in [0.29, 0.717) is 34.5 Å². The van der Waals surface area contributed by atoms with Gasteiger partial charge < -0.3 is 20.2 Å². The molecule has 0 radical (unpaired) electrons. The molecule has 2 amide bonds. The first-order valence-corrected chi connectivity index (χ1v) is 9.45. The maximum Gasteiger partial charge on any atom is 0.316 e. The molecule has 1 saturated carbocycles. The smallest absolute Gasteiger partial charge is 0.316 e. The zero-order valence-corrected chi connectivity index (χ0v) is 15.8. The Morgan fingerprint density at radius 2 is 1.69 bits per heavy atom. The van der Waals surface area contributed by atoms with Crippen LogP contribution in [0, 0.1) is 5.92 Å². The Kier molecular flexibility index (Phi) is 4.75.